The Morgan fingerprint density at radius 3 is 2.42 bits per heavy atom. The first-order valence-electron chi connectivity index (χ1n) is 12.8. The van der Waals surface area contributed by atoms with Crippen molar-refractivity contribution < 1.29 is 29.1 Å². The highest BCUT2D eigenvalue weighted by Gasteiger charge is 2.46. The van der Waals surface area contributed by atoms with Crippen LogP contribution in [0.2, 0.25) is 0 Å². The lowest BCUT2D eigenvalue weighted by Crippen LogP contribution is -2.38. The number of ether oxygens (including phenoxy) is 2. The van der Waals surface area contributed by atoms with E-state index in [4.69, 9.17) is 9.47 Å². The molecule has 0 aromatic heterocycles. The molecule has 2 aromatic carbocycles. The van der Waals surface area contributed by atoms with Crippen molar-refractivity contribution in [2.24, 2.45) is 0 Å². The summed E-state index contributed by atoms with van der Waals surface area (Å²) >= 11 is 0. The molecule has 1 atom stereocenters. The van der Waals surface area contributed by atoms with Crippen LogP contribution in [0, 0.1) is 17.0 Å². The van der Waals surface area contributed by atoms with Crippen LogP contribution in [-0.4, -0.2) is 77.0 Å². The minimum Gasteiger partial charge on any atom is -0.507 e. The van der Waals surface area contributed by atoms with Gasteiger partial charge in [0, 0.05) is 43.9 Å². The normalized spacial score (nSPS) is 19.8. The number of hydrogen-bond donors (Lipinski definition) is 1. The number of carbonyl (C=O) groups excluding carboxylic acids is 2. The molecule has 10 heteroatoms. The number of ketones is 1. The molecule has 0 radical (unpaired) electrons. The maximum Gasteiger partial charge on any atom is 0.295 e. The molecule has 2 fully saturated rings. The first-order chi connectivity index (χ1) is 18.2. The van der Waals surface area contributed by atoms with Crippen molar-refractivity contribution in [2.75, 3.05) is 39.4 Å². The fourth-order valence-electron chi connectivity index (χ4n) is 4.86. The number of nitrogens with zero attached hydrogens (tertiary/aromatic N) is 3. The van der Waals surface area contributed by atoms with Gasteiger partial charge in [0.1, 0.15) is 11.5 Å². The smallest absolute Gasteiger partial charge is 0.295 e. The maximum absolute atomic E-state index is 13.3. The molecule has 0 aliphatic carbocycles. The van der Waals surface area contributed by atoms with Gasteiger partial charge in [0.05, 0.1) is 35.9 Å². The van der Waals surface area contributed by atoms with Crippen LogP contribution >= 0.6 is 0 Å². The number of likely N-dealkylation sites (tertiary alicyclic amines) is 1. The summed E-state index contributed by atoms with van der Waals surface area (Å²) in [4.78, 5) is 40.9. The Morgan fingerprint density at radius 1 is 1.13 bits per heavy atom. The highest BCUT2D eigenvalue weighted by Crippen LogP contribution is 2.40. The molecule has 2 aliphatic rings. The highest BCUT2D eigenvalue weighted by molar-refractivity contribution is 6.46. The van der Waals surface area contributed by atoms with Crippen molar-refractivity contribution in [3.63, 3.8) is 0 Å². The number of aliphatic hydroxyl groups excluding tert-OH is 1. The number of nitro groups is 1. The molecule has 0 unspecified atom stereocenters. The highest BCUT2D eigenvalue weighted by atomic mass is 16.6. The van der Waals surface area contributed by atoms with Gasteiger partial charge in [-0.05, 0) is 68.7 Å². The van der Waals surface area contributed by atoms with Crippen LogP contribution in [0.1, 0.15) is 43.0 Å². The summed E-state index contributed by atoms with van der Waals surface area (Å²) in [5.41, 5.74) is 1.53. The van der Waals surface area contributed by atoms with Gasteiger partial charge in [-0.25, -0.2) is 0 Å². The van der Waals surface area contributed by atoms with Gasteiger partial charge in [0.2, 0.25) is 0 Å². The topological polar surface area (TPSA) is 122 Å². The average Bonchev–Trinajstić information content (AvgIpc) is 3.15. The van der Waals surface area contributed by atoms with E-state index in [2.05, 4.69) is 4.90 Å². The van der Waals surface area contributed by atoms with E-state index < -0.39 is 22.7 Å². The lowest BCUT2D eigenvalue weighted by atomic mass is 9.94. The van der Waals surface area contributed by atoms with E-state index in [-0.39, 0.29) is 23.1 Å². The second-order valence-corrected chi connectivity index (χ2v) is 9.80. The quantitative estimate of drug-likeness (QED) is 0.173. The molecule has 0 bridgehead atoms. The number of Topliss-reactive ketones (excluding diaryl/α,β-unsaturated/α-hetero) is 1. The molecule has 1 N–H and O–H groups in total. The van der Waals surface area contributed by atoms with E-state index in [0.29, 0.717) is 43.1 Å². The summed E-state index contributed by atoms with van der Waals surface area (Å²) in [7, 11) is 0. The lowest BCUT2D eigenvalue weighted by molar-refractivity contribution is -0.384. The summed E-state index contributed by atoms with van der Waals surface area (Å²) in [5.74, 6) is -1.11. The van der Waals surface area contributed by atoms with Crippen molar-refractivity contribution in [2.45, 2.75) is 39.3 Å². The molecular formula is C28H33N3O7. The number of non-ortho nitro benzene ring substituents is 1. The molecule has 0 saturated carbocycles. The Hall–Kier alpha value is -3.76. The molecule has 4 rings (SSSR count). The minimum atomic E-state index is -0.868. The fourth-order valence-corrected chi connectivity index (χ4v) is 4.86. The first-order valence-corrected chi connectivity index (χ1v) is 12.8. The van der Waals surface area contributed by atoms with E-state index in [1.165, 1.54) is 29.2 Å². The van der Waals surface area contributed by atoms with Crippen molar-refractivity contribution in [3.05, 3.63) is 74.8 Å². The first kappa shape index (κ1) is 27.3. The number of hydrogen-bond acceptors (Lipinski definition) is 8. The van der Waals surface area contributed by atoms with Crippen LogP contribution in [0.25, 0.3) is 5.76 Å². The van der Waals surface area contributed by atoms with Crippen LogP contribution in [0.3, 0.4) is 0 Å². The average molecular weight is 524 g/mol. The predicted molar refractivity (Wildman–Crippen MR) is 141 cm³/mol. The van der Waals surface area contributed by atoms with E-state index in [1.807, 2.05) is 20.8 Å². The number of nitro benzene ring substituents is 1. The Labute approximate surface area is 221 Å². The number of rotatable bonds is 9. The second kappa shape index (κ2) is 11.7. The van der Waals surface area contributed by atoms with Crippen LogP contribution in [0.15, 0.2) is 48.0 Å². The molecule has 202 valence electrons. The van der Waals surface area contributed by atoms with Crippen LogP contribution < -0.4 is 4.74 Å². The van der Waals surface area contributed by atoms with Gasteiger partial charge < -0.3 is 19.5 Å². The zero-order valence-corrected chi connectivity index (χ0v) is 21.9. The molecular weight excluding hydrogens is 490 g/mol. The zero-order chi connectivity index (χ0) is 27.4. The number of aryl methyl sites for hydroxylation is 1. The van der Waals surface area contributed by atoms with Gasteiger partial charge >= 0.3 is 0 Å². The van der Waals surface area contributed by atoms with Gasteiger partial charge in [-0.2, -0.15) is 0 Å². The summed E-state index contributed by atoms with van der Waals surface area (Å²) in [5, 5.41) is 22.5. The van der Waals surface area contributed by atoms with Crippen molar-refractivity contribution >= 4 is 23.1 Å². The number of aliphatic hydroxyl groups is 1. The summed E-state index contributed by atoms with van der Waals surface area (Å²) in [6, 6.07) is 9.96. The molecule has 2 aromatic rings. The standard InChI is InChI=1S/C28H33N3O7/c1-18(2)38-23-10-7-21(17-19(23)3)26(32)24-25(20-5-8-22(9-6-20)31(35)36)30(28(34)27(24)33)12-4-11-29-13-15-37-16-14-29/h5-10,17-18,25,32H,4,11-16H2,1-3H3/b26-24+/t25-/m1/s1. The third-order valence-corrected chi connectivity index (χ3v) is 6.75. The zero-order valence-electron chi connectivity index (χ0n) is 21.9. The third kappa shape index (κ3) is 5.87. The number of amides is 1. The van der Waals surface area contributed by atoms with Crippen LogP contribution in [-0.2, 0) is 14.3 Å². The van der Waals surface area contributed by atoms with E-state index >= 15 is 0 Å². The monoisotopic (exact) mass is 523 g/mol. The molecule has 1 amide bonds. The number of carbonyl (C=O) groups is 2. The van der Waals surface area contributed by atoms with Gasteiger partial charge in [-0.1, -0.05) is 0 Å². The van der Waals surface area contributed by atoms with Gasteiger partial charge in [0.25, 0.3) is 17.4 Å². The maximum atomic E-state index is 13.3. The van der Waals surface area contributed by atoms with Gasteiger partial charge in [-0.3, -0.25) is 24.6 Å². The van der Waals surface area contributed by atoms with Crippen molar-refractivity contribution in [1.29, 1.82) is 0 Å². The van der Waals surface area contributed by atoms with E-state index in [9.17, 15) is 24.8 Å². The van der Waals surface area contributed by atoms with E-state index in [0.717, 1.165) is 25.2 Å². The minimum absolute atomic E-state index is 0.0296. The summed E-state index contributed by atoms with van der Waals surface area (Å²) in [6.07, 6.45) is 0.592. The van der Waals surface area contributed by atoms with Crippen LogP contribution in [0.4, 0.5) is 5.69 Å². The Morgan fingerprint density at radius 2 is 1.82 bits per heavy atom. The number of morpholine rings is 1. The second-order valence-electron chi connectivity index (χ2n) is 9.80. The summed E-state index contributed by atoms with van der Waals surface area (Å²) in [6.45, 7) is 9.63. The molecule has 38 heavy (non-hydrogen) atoms. The molecule has 2 saturated heterocycles. The summed E-state index contributed by atoms with van der Waals surface area (Å²) < 4.78 is 11.2. The number of benzene rings is 2. The van der Waals surface area contributed by atoms with Crippen molar-refractivity contribution in [1.82, 2.24) is 9.80 Å². The fraction of sp³-hybridized carbons (Fsp3) is 0.429. The largest absolute Gasteiger partial charge is 0.507 e. The van der Waals surface area contributed by atoms with E-state index in [1.54, 1.807) is 18.2 Å². The van der Waals surface area contributed by atoms with Gasteiger partial charge in [-0.15, -0.1) is 0 Å². The predicted octanol–water partition coefficient (Wildman–Crippen LogP) is 3.83. The Kier molecular flexibility index (Phi) is 8.43. The molecule has 10 nitrogen and oxygen atoms in total. The van der Waals surface area contributed by atoms with Gasteiger partial charge in [0.15, 0.2) is 0 Å². The van der Waals surface area contributed by atoms with Crippen LogP contribution in [0.5, 0.6) is 5.75 Å². The molecule has 0 spiro atoms. The SMILES string of the molecule is Cc1cc(/C(O)=C2\C(=O)C(=O)N(CCCN3CCOCC3)[C@@H]2c2ccc([N+](=O)[O-])cc2)ccc1OC(C)C. The molecule has 2 aliphatic heterocycles. The van der Waals surface area contributed by atoms with Crippen molar-refractivity contribution in [3.8, 4) is 5.75 Å². The Bertz CT molecular complexity index is 1230. The lowest BCUT2D eigenvalue weighted by Gasteiger charge is -2.29. The Balaban J connectivity index is 1.69. The third-order valence-electron chi connectivity index (χ3n) is 6.75. The molecule has 2 heterocycles.